The molecular weight excluding hydrogens is 223 g/mol. The van der Waals surface area contributed by atoms with E-state index in [0.29, 0.717) is 16.9 Å². The number of nitrogens with zero attached hydrogens (tertiary/aromatic N) is 1. The predicted molar refractivity (Wildman–Crippen MR) is 56.9 cm³/mol. The topological polar surface area (TPSA) is 38.9 Å². The van der Waals surface area contributed by atoms with Gasteiger partial charge in [0.15, 0.2) is 5.82 Å². The molecule has 0 radical (unpaired) electrons. The molecule has 0 bridgehead atoms. The molecule has 0 unspecified atom stereocenters. The third kappa shape index (κ3) is 1.47. The van der Waals surface area contributed by atoms with Gasteiger partial charge >= 0.3 is 0 Å². The van der Waals surface area contributed by atoms with Gasteiger partial charge in [-0.3, -0.25) is 0 Å². The molecule has 0 spiro atoms. The minimum atomic E-state index is -0.480. The Morgan fingerprint density at radius 3 is 2.86 bits per heavy atom. The first-order chi connectivity index (χ1) is 6.70. The summed E-state index contributed by atoms with van der Waals surface area (Å²) in [5, 5.41) is 1.74. The Bertz CT molecular complexity index is 470. The van der Waals surface area contributed by atoms with Crippen molar-refractivity contribution in [1.29, 1.82) is 0 Å². The van der Waals surface area contributed by atoms with Crippen LogP contribution in [0.4, 0.5) is 10.1 Å². The fourth-order valence-electron chi connectivity index (χ4n) is 1.14. The van der Waals surface area contributed by atoms with Crippen molar-refractivity contribution >= 4 is 28.8 Å². The van der Waals surface area contributed by atoms with Gasteiger partial charge in [-0.15, -0.1) is 0 Å². The standard InChI is InChI=1S/C9H6ClFN2S/c10-6-3-1-2-5(8(6)11)9-7(12)4-14-13-9/h1-4H,12H2. The first-order valence-corrected chi connectivity index (χ1v) is 5.06. The zero-order valence-electron chi connectivity index (χ0n) is 7.00. The third-order valence-corrected chi connectivity index (χ3v) is 2.74. The highest BCUT2D eigenvalue weighted by Crippen LogP contribution is 2.31. The molecule has 14 heavy (non-hydrogen) atoms. The van der Waals surface area contributed by atoms with E-state index in [1.165, 1.54) is 17.6 Å². The van der Waals surface area contributed by atoms with Crippen LogP contribution in [0.1, 0.15) is 0 Å². The first-order valence-electron chi connectivity index (χ1n) is 3.84. The number of hydrogen-bond acceptors (Lipinski definition) is 3. The van der Waals surface area contributed by atoms with Crippen LogP contribution in [0.3, 0.4) is 0 Å². The lowest BCUT2D eigenvalue weighted by molar-refractivity contribution is 0.631. The number of aromatic nitrogens is 1. The van der Waals surface area contributed by atoms with Crippen LogP contribution < -0.4 is 5.73 Å². The van der Waals surface area contributed by atoms with Gasteiger partial charge in [0.05, 0.1) is 10.7 Å². The zero-order chi connectivity index (χ0) is 10.1. The quantitative estimate of drug-likeness (QED) is 0.814. The lowest BCUT2D eigenvalue weighted by atomic mass is 10.1. The van der Waals surface area contributed by atoms with Crippen molar-refractivity contribution < 1.29 is 4.39 Å². The van der Waals surface area contributed by atoms with Crippen LogP contribution in [0.5, 0.6) is 0 Å². The molecule has 72 valence electrons. The van der Waals surface area contributed by atoms with Gasteiger partial charge in [-0.2, -0.15) is 4.37 Å². The monoisotopic (exact) mass is 228 g/mol. The van der Waals surface area contributed by atoms with Crippen molar-refractivity contribution in [2.45, 2.75) is 0 Å². The lowest BCUT2D eigenvalue weighted by Gasteiger charge is -2.01. The maximum atomic E-state index is 13.5. The Kier molecular flexibility index (Phi) is 2.39. The number of halogens is 2. The summed E-state index contributed by atoms with van der Waals surface area (Å²) < 4.78 is 17.5. The molecule has 0 saturated carbocycles. The molecule has 1 aromatic carbocycles. The number of benzene rings is 1. The maximum absolute atomic E-state index is 13.5. The van der Waals surface area contributed by atoms with Gasteiger partial charge in [-0.25, -0.2) is 4.39 Å². The Labute approximate surface area is 89.3 Å². The molecule has 1 aromatic heterocycles. The van der Waals surface area contributed by atoms with E-state index in [-0.39, 0.29) is 5.02 Å². The molecule has 1 heterocycles. The Hall–Kier alpha value is -1.13. The van der Waals surface area contributed by atoms with Crippen LogP contribution >= 0.6 is 23.1 Å². The van der Waals surface area contributed by atoms with Crippen LogP contribution in [0, 0.1) is 5.82 Å². The van der Waals surface area contributed by atoms with Gasteiger partial charge in [-0.1, -0.05) is 17.7 Å². The maximum Gasteiger partial charge on any atom is 0.151 e. The van der Waals surface area contributed by atoms with Crippen molar-refractivity contribution in [3.05, 3.63) is 34.4 Å². The molecular formula is C9H6ClFN2S. The molecule has 0 aliphatic rings. The molecule has 2 rings (SSSR count). The third-order valence-electron chi connectivity index (χ3n) is 1.80. The van der Waals surface area contributed by atoms with Gasteiger partial charge in [0.25, 0.3) is 0 Å². The normalized spacial score (nSPS) is 10.4. The van der Waals surface area contributed by atoms with E-state index >= 15 is 0 Å². The van der Waals surface area contributed by atoms with Crippen molar-refractivity contribution in [3.63, 3.8) is 0 Å². The van der Waals surface area contributed by atoms with E-state index in [9.17, 15) is 4.39 Å². The number of hydrogen-bond donors (Lipinski definition) is 1. The summed E-state index contributed by atoms with van der Waals surface area (Å²) in [6.07, 6.45) is 0. The zero-order valence-corrected chi connectivity index (χ0v) is 8.57. The van der Waals surface area contributed by atoms with Crippen LogP contribution in [0.15, 0.2) is 23.6 Å². The van der Waals surface area contributed by atoms with Crippen molar-refractivity contribution in [2.24, 2.45) is 0 Å². The van der Waals surface area contributed by atoms with Crippen LogP contribution in [0.25, 0.3) is 11.3 Å². The highest BCUT2D eigenvalue weighted by Gasteiger charge is 2.12. The molecule has 0 atom stereocenters. The molecule has 0 saturated heterocycles. The van der Waals surface area contributed by atoms with Crippen LogP contribution in [0.2, 0.25) is 5.02 Å². The Morgan fingerprint density at radius 1 is 1.43 bits per heavy atom. The Balaban J connectivity index is 2.63. The molecule has 5 heteroatoms. The smallest absolute Gasteiger partial charge is 0.151 e. The molecule has 2 aromatic rings. The van der Waals surface area contributed by atoms with E-state index in [0.717, 1.165) is 0 Å². The minimum absolute atomic E-state index is 0.0786. The summed E-state index contributed by atoms with van der Waals surface area (Å²) in [6.45, 7) is 0. The second-order valence-electron chi connectivity index (χ2n) is 2.72. The summed E-state index contributed by atoms with van der Waals surface area (Å²) in [5.74, 6) is -0.480. The number of anilines is 1. The predicted octanol–water partition coefficient (Wildman–Crippen LogP) is 3.18. The molecule has 2 nitrogen and oxygen atoms in total. The van der Waals surface area contributed by atoms with Gasteiger partial charge in [-0.05, 0) is 23.7 Å². The van der Waals surface area contributed by atoms with Gasteiger partial charge in [0.1, 0.15) is 5.69 Å². The lowest BCUT2D eigenvalue weighted by Crippen LogP contribution is -1.90. The molecule has 0 aliphatic carbocycles. The average Bonchev–Trinajstić information content (AvgIpc) is 2.57. The summed E-state index contributed by atoms with van der Waals surface area (Å²) in [4.78, 5) is 0. The van der Waals surface area contributed by atoms with E-state index in [2.05, 4.69) is 4.37 Å². The fourth-order valence-corrected chi connectivity index (χ4v) is 1.90. The average molecular weight is 229 g/mol. The number of rotatable bonds is 1. The van der Waals surface area contributed by atoms with Crippen molar-refractivity contribution in [3.8, 4) is 11.3 Å². The van der Waals surface area contributed by atoms with Crippen molar-refractivity contribution in [1.82, 2.24) is 4.37 Å². The highest BCUT2D eigenvalue weighted by molar-refractivity contribution is 7.04. The SMILES string of the molecule is Nc1csnc1-c1cccc(Cl)c1F. The van der Waals surface area contributed by atoms with E-state index < -0.39 is 5.82 Å². The van der Waals surface area contributed by atoms with Crippen LogP contribution in [-0.2, 0) is 0 Å². The highest BCUT2D eigenvalue weighted by atomic mass is 35.5. The summed E-state index contributed by atoms with van der Waals surface area (Å²) in [5.41, 5.74) is 6.90. The van der Waals surface area contributed by atoms with Gasteiger partial charge < -0.3 is 5.73 Å². The molecule has 0 aliphatic heterocycles. The molecule has 0 amide bonds. The summed E-state index contributed by atoms with van der Waals surface area (Å²) >= 11 is 6.83. The number of nitrogens with two attached hydrogens (primary N) is 1. The Morgan fingerprint density at radius 2 is 2.21 bits per heavy atom. The summed E-state index contributed by atoms with van der Waals surface area (Å²) in [7, 11) is 0. The van der Waals surface area contributed by atoms with E-state index in [4.69, 9.17) is 17.3 Å². The van der Waals surface area contributed by atoms with Gasteiger partial charge in [0.2, 0.25) is 0 Å². The van der Waals surface area contributed by atoms with Gasteiger partial charge in [0, 0.05) is 10.9 Å². The van der Waals surface area contributed by atoms with Crippen molar-refractivity contribution in [2.75, 3.05) is 5.73 Å². The second kappa shape index (κ2) is 3.55. The molecule has 0 fully saturated rings. The first kappa shape index (κ1) is 9.43. The number of nitrogen functional groups attached to an aromatic ring is 1. The van der Waals surface area contributed by atoms with E-state index in [1.54, 1.807) is 17.5 Å². The largest absolute Gasteiger partial charge is 0.396 e. The molecule has 2 N–H and O–H groups in total. The second-order valence-corrected chi connectivity index (χ2v) is 3.76. The van der Waals surface area contributed by atoms with E-state index in [1.807, 2.05) is 0 Å². The fraction of sp³-hybridized carbons (Fsp3) is 0. The minimum Gasteiger partial charge on any atom is -0.396 e. The summed E-state index contributed by atoms with van der Waals surface area (Å²) in [6, 6.07) is 4.76. The van der Waals surface area contributed by atoms with Crippen LogP contribution in [-0.4, -0.2) is 4.37 Å².